The van der Waals surface area contributed by atoms with Crippen LogP contribution in [0.1, 0.15) is 18.9 Å². The highest BCUT2D eigenvalue weighted by atomic mass is 16.3. The van der Waals surface area contributed by atoms with Crippen LogP contribution >= 0.6 is 0 Å². The monoisotopic (exact) mass is 244 g/mol. The van der Waals surface area contributed by atoms with Crippen molar-refractivity contribution in [3.05, 3.63) is 52.3 Å². The summed E-state index contributed by atoms with van der Waals surface area (Å²) in [5.41, 5.74) is 1.83. The minimum Gasteiger partial charge on any atom is -0.391 e. The maximum Gasteiger partial charge on any atom is 0.272 e. The summed E-state index contributed by atoms with van der Waals surface area (Å²) in [6, 6.07) is 11.3. The molecule has 2 aromatic rings. The first kappa shape index (κ1) is 12.5. The predicted octanol–water partition coefficient (Wildman–Crippen LogP) is 1.81. The summed E-state index contributed by atoms with van der Waals surface area (Å²) < 4.78 is 1.42. The molecule has 1 aromatic heterocycles. The number of rotatable bonds is 4. The van der Waals surface area contributed by atoms with E-state index >= 15 is 0 Å². The SMILES string of the molecule is CCCn1nc(-c2ccccc2)cc(CO)c1=O. The first-order chi connectivity index (χ1) is 8.76. The molecule has 2 rings (SSSR count). The molecule has 0 fully saturated rings. The maximum absolute atomic E-state index is 11.9. The van der Waals surface area contributed by atoms with E-state index in [9.17, 15) is 9.90 Å². The molecule has 0 spiro atoms. The van der Waals surface area contributed by atoms with E-state index in [1.54, 1.807) is 6.07 Å². The van der Waals surface area contributed by atoms with E-state index in [2.05, 4.69) is 5.10 Å². The van der Waals surface area contributed by atoms with Gasteiger partial charge in [0.1, 0.15) is 0 Å². The Hall–Kier alpha value is -1.94. The second kappa shape index (κ2) is 5.60. The second-order valence-electron chi connectivity index (χ2n) is 4.11. The van der Waals surface area contributed by atoms with Crippen LogP contribution in [0.5, 0.6) is 0 Å². The van der Waals surface area contributed by atoms with E-state index in [1.807, 2.05) is 37.3 Å². The van der Waals surface area contributed by atoms with E-state index in [4.69, 9.17) is 0 Å². The third-order valence-corrected chi connectivity index (χ3v) is 2.72. The molecule has 0 aliphatic carbocycles. The lowest BCUT2D eigenvalue weighted by atomic mass is 10.1. The molecule has 4 heteroatoms. The Morgan fingerprint density at radius 1 is 1.28 bits per heavy atom. The summed E-state index contributed by atoms with van der Waals surface area (Å²) in [6.45, 7) is 2.29. The normalized spacial score (nSPS) is 10.6. The lowest BCUT2D eigenvalue weighted by molar-refractivity contribution is 0.278. The lowest BCUT2D eigenvalue weighted by Gasteiger charge is -2.08. The Kier molecular flexibility index (Phi) is 3.89. The lowest BCUT2D eigenvalue weighted by Crippen LogP contribution is -2.26. The first-order valence-electron chi connectivity index (χ1n) is 6.03. The van der Waals surface area contributed by atoms with Crippen LogP contribution in [-0.4, -0.2) is 14.9 Å². The maximum atomic E-state index is 11.9. The van der Waals surface area contributed by atoms with Gasteiger partial charge in [0.05, 0.1) is 12.3 Å². The van der Waals surface area contributed by atoms with Gasteiger partial charge >= 0.3 is 0 Å². The van der Waals surface area contributed by atoms with E-state index in [0.29, 0.717) is 17.8 Å². The highest BCUT2D eigenvalue weighted by Crippen LogP contribution is 2.15. The van der Waals surface area contributed by atoms with Crippen molar-refractivity contribution in [2.24, 2.45) is 0 Å². The molecule has 94 valence electrons. The molecular formula is C14H16N2O2. The number of aliphatic hydroxyl groups excluding tert-OH is 1. The topological polar surface area (TPSA) is 55.1 Å². The van der Waals surface area contributed by atoms with Crippen LogP contribution in [0.25, 0.3) is 11.3 Å². The fourth-order valence-electron chi connectivity index (χ4n) is 1.82. The van der Waals surface area contributed by atoms with Gasteiger partial charge in [-0.15, -0.1) is 0 Å². The molecule has 0 unspecified atom stereocenters. The third-order valence-electron chi connectivity index (χ3n) is 2.72. The van der Waals surface area contributed by atoms with Crippen LogP contribution in [0, 0.1) is 0 Å². The van der Waals surface area contributed by atoms with Gasteiger partial charge in [0.15, 0.2) is 0 Å². The zero-order chi connectivity index (χ0) is 13.0. The Balaban J connectivity index is 2.55. The van der Waals surface area contributed by atoms with Gasteiger partial charge in [-0.05, 0) is 12.5 Å². The number of nitrogens with zero attached hydrogens (tertiary/aromatic N) is 2. The van der Waals surface area contributed by atoms with E-state index in [0.717, 1.165) is 12.0 Å². The molecule has 1 heterocycles. The summed E-state index contributed by atoms with van der Waals surface area (Å²) in [5.74, 6) is 0. The van der Waals surface area contributed by atoms with E-state index < -0.39 is 0 Å². The number of aryl methyl sites for hydroxylation is 1. The second-order valence-corrected chi connectivity index (χ2v) is 4.11. The van der Waals surface area contributed by atoms with Gasteiger partial charge in [-0.25, -0.2) is 4.68 Å². The molecule has 0 radical (unpaired) electrons. The summed E-state index contributed by atoms with van der Waals surface area (Å²) >= 11 is 0. The highest BCUT2D eigenvalue weighted by Gasteiger charge is 2.08. The molecular weight excluding hydrogens is 228 g/mol. The van der Waals surface area contributed by atoms with Gasteiger partial charge in [-0.2, -0.15) is 5.10 Å². The number of hydrogen-bond acceptors (Lipinski definition) is 3. The Labute approximate surface area is 106 Å². The number of hydrogen-bond donors (Lipinski definition) is 1. The number of aliphatic hydroxyl groups is 1. The zero-order valence-electron chi connectivity index (χ0n) is 10.3. The summed E-state index contributed by atoms with van der Waals surface area (Å²) in [7, 11) is 0. The van der Waals surface area contributed by atoms with Crippen molar-refractivity contribution in [2.75, 3.05) is 0 Å². The molecule has 0 aliphatic rings. The average Bonchev–Trinajstić information content (AvgIpc) is 2.42. The van der Waals surface area contributed by atoms with Crippen LogP contribution in [0.15, 0.2) is 41.2 Å². The fourth-order valence-corrected chi connectivity index (χ4v) is 1.82. The van der Waals surface area contributed by atoms with Crippen molar-refractivity contribution >= 4 is 0 Å². The summed E-state index contributed by atoms with van der Waals surface area (Å²) in [4.78, 5) is 11.9. The highest BCUT2D eigenvalue weighted by molar-refractivity contribution is 5.58. The van der Waals surface area contributed by atoms with Gasteiger partial charge < -0.3 is 5.11 Å². The molecule has 0 saturated carbocycles. The summed E-state index contributed by atoms with van der Waals surface area (Å²) in [5, 5.41) is 13.6. The first-order valence-corrected chi connectivity index (χ1v) is 6.03. The molecule has 4 nitrogen and oxygen atoms in total. The Bertz CT molecular complexity index is 576. The van der Waals surface area contributed by atoms with Crippen molar-refractivity contribution in [2.45, 2.75) is 26.5 Å². The zero-order valence-corrected chi connectivity index (χ0v) is 10.3. The van der Waals surface area contributed by atoms with Crippen LogP contribution in [0.3, 0.4) is 0 Å². The quantitative estimate of drug-likeness (QED) is 0.892. The van der Waals surface area contributed by atoms with Crippen molar-refractivity contribution in [1.82, 2.24) is 9.78 Å². The van der Waals surface area contributed by atoms with Gasteiger partial charge in [-0.1, -0.05) is 37.3 Å². The Morgan fingerprint density at radius 2 is 2.00 bits per heavy atom. The summed E-state index contributed by atoms with van der Waals surface area (Å²) in [6.07, 6.45) is 0.829. The van der Waals surface area contributed by atoms with Gasteiger partial charge in [0.25, 0.3) is 5.56 Å². The van der Waals surface area contributed by atoms with Crippen LogP contribution in [0.4, 0.5) is 0 Å². The van der Waals surface area contributed by atoms with E-state index in [1.165, 1.54) is 4.68 Å². The molecule has 18 heavy (non-hydrogen) atoms. The van der Waals surface area contributed by atoms with Gasteiger partial charge in [0, 0.05) is 17.7 Å². The van der Waals surface area contributed by atoms with Crippen molar-refractivity contribution in [3.8, 4) is 11.3 Å². The smallest absolute Gasteiger partial charge is 0.272 e. The Morgan fingerprint density at radius 3 is 2.61 bits per heavy atom. The van der Waals surface area contributed by atoms with Crippen molar-refractivity contribution < 1.29 is 5.11 Å². The third kappa shape index (κ3) is 2.49. The standard InChI is InChI=1S/C14H16N2O2/c1-2-8-16-14(18)12(10-17)9-13(15-16)11-6-4-3-5-7-11/h3-7,9,17H,2,8,10H2,1H3. The number of aromatic nitrogens is 2. The van der Waals surface area contributed by atoms with E-state index in [-0.39, 0.29) is 12.2 Å². The van der Waals surface area contributed by atoms with Gasteiger partial charge in [0.2, 0.25) is 0 Å². The average molecular weight is 244 g/mol. The molecule has 1 N–H and O–H groups in total. The van der Waals surface area contributed by atoms with Crippen LogP contribution in [0.2, 0.25) is 0 Å². The molecule has 0 aliphatic heterocycles. The van der Waals surface area contributed by atoms with Gasteiger partial charge in [-0.3, -0.25) is 4.79 Å². The van der Waals surface area contributed by atoms with Crippen molar-refractivity contribution in [1.29, 1.82) is 0 Å². The largest absolute Gasteiger partial charge is 0.391 e. The fraction of sp³-hybridized carbons (Fsp3) is 0.286. The molecule has 0 saturated heterocycles. The van der Waals surface area contributed by atoms with Crippen molar-refractivity contribution in [3.63, 3.8) is 0 Å². The molecule has 0 atom stereocenters. The van der Waals surface area contributed by atoms with Crippen LogP contribution < -0.4 is 5.56 Å². The molecule has 0 amide bonds. The minimum absolute atomic E-state index is 0.209. The molecule has 0 bridgehead atoms. The predicted molar refractivity (Wildman–Crippen MR) is 70.1 cm³/mol. The van der Waals surface area contributed by atoms with Crippen LogP contribution in [-0.2, 0) is 13.2 Å². The minimum atomic E-state index is -0.259. The molecule has 1 aromatic carbocycles. The number of benzene rings is 1.